The summed E-state index contributed by atoms with van der Waals surface area (Å²) in [5.41, 5.74) is 2.41. The summed E-state index contributed by atoms with van der Waals surface area (Å²) in [5, 5.41) is 3.40. The van der Waals surface area contributed by atoms with Crippen molar-refractivity contribution in [2.24, 2.45) is 0 Å². The molecule has 1 heterocycles. The fraction of sp³-hybridized carbons (Fsp3) is 0.353. The van der Waals surface area contributed by atoms with E-state index in [0.29, 0.717) is 5.69 Å². The molecule has 0 spiro atoms. The highest BCUT2D eigenvalue weighted by atomic mass is 19.1. The molecule has 1 aromatic carbocycles. The highest BCUT2D eigenvalue weighted by Crippen LogP contribution is 2.25. The van der Waals surface area contributed by atoms with E-state index in [2.05, 4.69) is 24.1 Å². The zero-order valence-corrected chi connectivity index (χ0v) is 12.8. The highest BCUT2D eigenvalue weighted by molar-refractivity contribution is 5.62. The summed E-state index contributed by atoms with van der Waals surface area (Å²) >= 11 is 0. The quantitative estimate of drug-likeness (QED) is 0.868. The predicted octanol–water partition coefficient (Wildman–Crippen LogP) is 4.05. The van der Waals surface area contributed by atoms with Gasteiger partial charge in [0.15, 0.2) is 0 Å². The Balaban J connectivity index is 2.13. The van der Waals surface area contributed by atoms with Crippen LogP contribution in [0.5, 0.6) is 0 Å². The zero-order chi connectivity index (χ0) is 15.2. The molecule has 0 aliphatic heterocycles. The second kappa shape index (κ2) is 7.18. The SMILES string of the molecule is CCCNC(C)c1ccc(N(C)c2ccccc2F)cn1. The van der Waals surface area contributed by atoms with E-state index in [4.69, 9.17) is 0 Å². The molecule has 3 nitrogen and oxygen atoms in total. The minimum atomic E-state index is -0.234. The van der Waals surface area contributed by atoms with Crippen molar-refractivity contribution >= 4 is 11.4 Å². The second-order valence-corrected chi connectivity index (χ2v) is 5.13. The van der Waals surface area contributed by atoms with Crippen molar-refractivity contribution in [3.05, 3.63) is 54.1 Å². The Morgan fingerprint density at radius 1 is 1.24 bits per heavy atom. The topological polar surface area (TPSA) is 28.2 Å². The largest absolute Gasteiger partial charge is 0.341 e. The monoisotopic (exact) mass is 287 g/mol. The molecule has 0 aliphatic carbocycles. The van der Waals surface area contributed by atoms with Crippen LogP contribution in [-0.2, 0) is 0 Å². The summed E-state index contributed by atoms with van der Waals surface area (Å²) < 4.78 is 13.8. The first-order valence-electron chi connectivity index (χ1n) is 7.31. The molecule has 1 N–H and O–H groups in total. The molecule has 1 unspecified atom stereocenters. The summed E-state index contributed by atoms with van der Waals surface area (Å²) in [6, 6.07) is 10.9. The van der Waals surface area contributed by atoms with E-state index < -0.39 is 0 Å². The van der Waals surface area contributed by atoms with E-state index in [9.17, 15) is 4.39 Å². The number of hydrogen-bond donors (Lipinski definition) is 1. The van der Waals surface area contributed by atoms with Gasteiger partial charge in [0.25, 0.3) is 0 Å². The van der Waals surface area contributed by atoms with Crippen molar-refractivity contribution in [2.75, 3.05) is 18.5 Å². The summed E-state index contributed by atoms with van der Waals surface area (Å²) in [5.74, 6) is -0.234. The van der Waals surface area contributed by atoms with Gasteiger partial charge in [-0.05, 0) is 44.2 Å². The van der Waals surface area contributed by atoms with Gasteiger partial charge in [0.05, 0.1) is 23.3 Å². The maximum Gasteiger partial charge on any atom is 0.146 e. The number of nitrogens with one attached hydrogen (secondary N) is 1. The molecule has 0 amide bonds. The average Bonchev–Trinajstić information content (AvgIpc) is 2.52. The lowest BCUT2D eigenvalue weighted by Crippen LogP contribution is -2.20. The van der Waals surface area contributed by atoms with E-state index in [1.54, 1.807) is 23.2 Å². The molecule has 4 heteroatoms. The first-order valence-corrected chi connectivity index (χ1v) is 7.31. The highest BCUT2D eigenvalue weighted by Gasteiger charge is 2.10. The molecule has 0 fully saturated rings. The van der Waals surface area contributed by atoms with Crippen molar-refractivity contribution in [3.8, 4) is 0 Å². The van der Waals surface area contributed by atoms with Crippen LogP contribution >= 0.6 is 0 Å². The number of anilines is 2. The molecule has 21 heavy (non-hydrogen) atoms. The van der Waals surface area contributed by atoms with E-state index in [0.717, 1.165) is 24.3 Å². The Labute approximate surface area is 125 Å². The van der Waals surface area contributed by atoms with Crippen molar-refractivity contribution in [3.63, 3.8) is 0 Å². The van der Waals surface area contributed by atoms with Crippen LogP contribution < -0.4 is 10.2 Å². The molecular formula is C17H22FN3. The Morgan fingerprint density at radius 3 is 2.62 bits per heavy atom. The number of nitrogens with zero attached hydrogens (tertiary/aromatic N) is 2. The van der Waals surface area contributed by atoms with E-state index in [1.807, 2.05) is 25.2 Å². The van der Waals surface area contributed by atoms with Crippen LogP contribution in [0.4, 0.5) is 15.8 Å². The fourth-order valence-corrected chi connectivity index (χ4v) is 2.18. The third-order valence-corrected chi connectivity index (χ3v) is 3.52. The summed E-state index contributed by atoms with van der Waals surface area (Å²) in [4.78, 5) is 6.28. The van der Waals surface area contributed by atoms with Gasteiger partial charge in [-0.15, -0.1) is 0 Å². The normalized spacial score (nSPS) is 12.2. The number of hydrogen-bond acceptors (Lipinski definition) is 3. The molecule has 0 bridgehead atoms. The number of para-hydroxylation sites is 1. The molecule has 0 radical (unpaired) electrons. The van der Waals surface area contributed by atoms with Gasteiger partial charge in [-0.2, -0.15) is 0 Å². The molecule has 2 rings (SSSR count). The Morgan fingerprint density at radius 2 is 2.00 bits per heavy atom. The Bertz CT molecular complexity index is 569. The molecule has 112 valence electrons. The number of benzene rings is 1. The molecule has 0 saturated heterocycles. The minimum absolute atomic E-state index is 0.220. The summed E-state index contributed by atoms with van der Waals surface area (Å²) in [6.07, 6.45) is 2.88. The Kier molecular flexibility index (Phi) is 5.28. The third kappa shape index (κ3) is 3.79. The number of rotatable bonds is 6. The molecular weight excluding hydrogens is 265 g/mol. The minimum Gasteiger partial charge on any atom is -0.341 e. The summed E-state index contributed by atoms with van der Waals surface area (Å²) in [7, 11) is 1.84. The van der Waals surface area contributed by atoms with Gasteiger partial charge >= 0.3 is 0 Å². The van der Waals surface area contributed by atoms with Gasteiger partial charge in [0.1, 0.15) is 5.82 Å². The Hall–Kier alpha value is -1.94. The van der Waals surface area contributed by atoms with Crippen molar-refractivity contribution in [1.29, 1.82) is 0 Å². The van der Waals surface area contributed by atoms with Crippen LogP contribution in [0.15, 0.2) is 42.6 Å². The average molecular weight is 287 g/mol. The number of pyridine rings is 1. The van der Waals surface area contributed by atoms with Crippen LogP contribution in [0.1, 0.15) is 32.0 Å². The lowest BCUT2D eigenvalue weighted by atomic mass is 10.2. The van der Waals surface area contributed by atoms with E-state index >= 15 is 0 Å². The van der Waals surface area contributed by atoms with Crippen molar-refractivity contribution in [1.82, 2.24) is 10.3 Å². The summed E-state index contributed by atoms with van der Waals surface area (Å²) in [6.45, 7) is 5.21. The molecule has 1 atom stereocenters. The van der Waals surface area contributed by atoms with Crippen molar-refractivity contribution in [2.45, 2.75) is 26.3 Å². The maximum absolute atomic E-state index is 13.8. The first-order chi connectivity index (χ1) is 10.1. The number of aromatic nitrogens is 1. The van der Waals surface area contributed by atoms with Gasteiger partial charge in [-0.1, -0.05) is 19.1 Å². The van der Waals surface area contributed by atoms with Gasteiger partial charge in [0, 0.05) is 13.1 Å². The van der Waals surface area contributed by atoms with Crippen LogP contribution in [0.3, 0.4) is 0 Å². The smallest absolute Gasteiger partial charge is 0.146 e. The second-order valence-electron chi connectivity index (χ2n) is 5.13. The van der Waals surface area contributed by atoms with Gasteiger partial charge in [-0.25, -0.2) is 4.39 Å². The van der Waals surface area contributed by atoms with Gasteiger partial charge in [0.2, 0.25) is 0 Å². The molecule has 1 aromatic heterocycles. The van der Waals surface area contributed by atoms with Crippen LogP contribution in [0, 0.1) is 5.82 Å². The maximum atomic E-state index is 13.8. The first kappa shape index (κ1) is 15.4. The van der Waals surface area contributed by atoms with Crippen LogP contribution in [0.25, 0.3) is 0 Å². The molecule has 0 aliphatic rings. The standard InChI is InChI=1S/C17H22FN3/c1-4-11-19-13(2)16-10-9-14(12-20-16)21(3)17-8-6-5-7-15(17)18/h5-10,12-13,19H,4,11H2,1-3H3. The predicted molar refractivity (Wildman–Crippen MR) is 85.4 cm³/mol. The van der Waals surface area contributed by atoms with E-state index in [1.165, 1.54) is 6.07 Å². The number of halogens is 1. The van der Waals surface area contributed by atoms with Gasteiger partial charge < -0.3 is 10.2 Å². The van der Waals surface area contributed by atoms with E-state index in [-0.39, 0.29) is 11.9 Å². The lowest BCUT2D eigenvalue weighted by Gasteiger charge is -2.20. The third-order valence-electron chi connectivity index (χ3n) is 3.52. The molecule has 2 aromatic rings. The van der Waals surface area contributed by atoms with Crippen LogP contribution in [-0.4, -0.2) is 18.6 Å². The van der Waals surface area contributed by atoms with Gasteiger partial charge in [-0.3, -0.25) is 4.98 Å². The van der Waals surface area contributed by atoms with Crippen molar-refractivity contribution < 1.29 is 4.39 Å². The molecule has 0 saturated carbocycles. The lowest BCUT2D eigenvalue weighted by molar-refractivity contribution is 0.558. The fourth-order valence-electron chi connectivity index (χ4n) is 2.18. The zero-order valence-electron chi connectivity index (χ0n) is 12.8. The van der Waals surface area contributed by atoms with Crippen LogP contribution in [0.2, 0.25) is 0 Å².